The van der Waals surface area contributed by atoms with E-state index in [0.29, 0.717) is 5.69 Å². The Kier molecular flexibility index (Phi) is 4.13. The molecule has 1 aromatic heterocycles. The lowest BCUT2D eigenvalue weighted by Gasteiger charge is -2.05. The number of hydrogen-bond acceptors (Lipinski definition) is 5. The molecule has 21 heavy (non-hydrogen) atoms. The Morgan fingerprint density at radius 3 is 2.38 bits per heavy atom. The number of hydrogen-bond donors (Lipinski definition) is 1. The first-order valence-electron chi connectivity index (χ1n) is 6.08. The van der Waals surface area contributed by atoms with E-state index in [2.05, 4.69) is 10.4 Å². The van der Waals surface area contributed by atoms with Gasteiger partial charge in [0.05, 0.1) is 11.8 Å². The number of ketones is 1. The fourth-order valence-corrected chi connectivity index (χ4v) is 1.62. The molecule has 0 aliphatic rings. The van der Waals surface area contributed by atoms with Crippen molar-refractivity contribution in [3.63, 3.8) is 0 Å². The molecule has 7 heteroatoms. The number of rotatable bonds is 4. The van der Waals surface area contributed by atoms with Gasteiger partial charge in [-0.15, -0.1) is 0 Å². The summed E-state index contributed by atoms with van der Waals surface area (Å²) in [5.41, 5.74) is 0.734. The van der Waals surface area contributed by atoms with Gasteiger partial charge in [0.2, 0.25) is 5.91 Å². The van der Waals surface area contributed by atoms with Crippen molar-refractivity contribution >= 4 is 23.3 Å². The minimum Gasteiger partial charge on any atom is -0.421 e. The van der Waals surface area contributed by atoms with Gasteiger partial charge in [-0.05, 0) is 24.3 Å². The van der Waals surface area contributed by atoms with Crippen LogP contribution in [0.2, 0.25) is 0 Å². The van der Waals surface area contributed by atoms with Crippen LogP contribution in [0.5, 0.6) is 5.75 Å². The molecule has 2 aromatic rings. The lowest BCUT2D eigenvalue weighted by Crippen LogP contribution is -2.20. The van der Waals surface area contributed by atoms with Crippen LogP contribution >= 0.6 is 0 Å². The van der Waals surface area contributed by atoms with Crippen molar-refractivity contribution in [2.75, 3.05) is 5.32 Å². The van der Waals surface area contributed by atoms with Crippen LogP contribution in [0.3, 0.4) is 0 Å². The van der Waals surface area contributed by atoms with Crippen LogP contribution in [0.15, 0.2) is 36.7 Å². The first-order valence-corrected chi connectivity index (χ1v) is 6.08. The highest BCUT2D eigenvalue weighted by Crippen LogP contribution is 2.16. The number of carbonyl (C=O) groups is 3. The van der Waals surface area contributed by atoms with Crippen LogP contribution in [0.25, 0.3) is 0 Å². The zero-order valence-corrected chi connectivity index (χ0v) is 11.5. The normalized spacial score (nSPS) is 10.0. The Bertz CT molecular complexity index is 688. The minimum absolute atomic E-state index is 0.164. The zero-order chi connectivity index (χ0) is 15.4. The standard InChI is InChI=1S/C14H13N3O4/c1-9(18)16-11-3-5-12(6-4-11)21-14(20)13(19)10-7-15-17(2)8-10/h3-8H,1-2H3,(H,16,18). The summed E-state index contributed by atoms with van der Waals surface area (Å²) in [6.07, 6.45) is 2.73. The zero-order valence-electron chi connectivity index (χ0n) is 11.5. The maximum Gasteiger partial charge on any atom is 0.385 e. The quantitative estimate of drug-likeness (QED) is 0.394. The number of amides is 1. The fourth-order valence-electron chi connectivity index (χ4n) is 1.62. The second kappa shape index (κ2) is 6.00. The van der Waals surface area contributed by atoms with Gasteiger partial charge in [-0.25, -0.2) is 4.79 Å². The number of aromatic nitrogens is 2. The summed E-state index contributed by atoms with van der Waals surface area (Å²) in [6, 6.07) is 6.11. The molecule has 1 N–H and O–H groups in total. The average Bonchev–Trinajstić information content (AvgIpc) is 2.86. The molecule has 0 unspecified atom stereocenters. The largest absolute Gasteiger partial charge is 0.421 e. The smallest absolute Gasteiger partial charge is 0.385 e. The molecule has 0 saturated heterocycles. The lowest BCUT2D eigenvalue weighted by atomic mass is 10.2. The number of nitrogens with zero attached hydrogens (tertiary/aromatic N) is 2. The van der Waals surface area contributed by atoms with Gasteiger partial charge in [-0.2, -0.15) is 5.10 Å². The van der Waals surface area contributed by atoms with Crippen LogP contribution in [0.1, 0.15) is 17.3 Å². The monoisotopic (exact) mass is 287 g/mol. The van der Waals surface area contributed by atoms with Crippen LogP contribution in [-0.2, 0) is 16.6 Å². The summed E-state index contributed by atoms with van der Waals surface area (Å²) in [7, 11) is 1.64. The Labute approximate surface area is 120 Å². The first kappa shape index (κ1) is 14.4. The summed E-state index contributed by atoms with van der Waals surface area (Å²) < 4.78 is 6.38. The van der Waals surface area contributed by atoms with E-state index in [-0.39, 0.29) is 17.2 Å². The molecule has 0 aliphatic carbocycles. The average molecular weight is 287 g/mol. The Balaban J connectivity index is 2.02. The Hall–Kier alpha value is -2.96. The molecule has 0 fully saturated rings. The summed E-state index contributed by atoms with van der Waals surface area (Å²) >= 11 is 0. The van der Waals surface area contributed by atoms with Crippen molar-refractivity contribution in [3.8, 4) is 5.75 Å². The minimum atomic E-state index is -0.990. The number of carbonyl (C=O) groups excluding carboxylic acids is 3. The molecule has 2 rings (SSSR count). The molecular formula is C14H13N3O4. The number of anilines is 1. The van der Waals surface area contributed by atoms with Crippen molar-refractivity contribution < 1.29 is 19.1 Å². The molecule has 1 aromatic carbocycles. The third-order valence-electron chi connectivity index (χ3n) is 2.54. The Morgan fingerprint density at radius 2 is 1.86 bits per heavy atom. The van der Waals surface area contributed by atoms with Crippen molar-refractivity contribution in [2.24, 2.45) is 7.05 Å². The summed E-state index contributed by atoms with van der Waals surface area (Å²) in [5, 5.41) is 6.39. The lowest BCUT2D eigenvalue weighted by molar-refractivity contribution is -0.129. The van der Waals surface area contributed by atoms with Gasteiger partial charge in [-0.3, -0.25) is 14.3 Å². The van der Waals surface area contributed by atoms with Crippen molar-refractivity contribution in [2.45, 2.75) is 6.92 Å². The van der Waals surface area contributed by atoms with Gasteiger partial charge in [0.15, 0.2) is 0 Å². The molecule has 0 aliphatic heterocycles. The van der Waals surface area contributed by atoms with Gasteiger partial charge >= 0.3 is 5.97 Å². The van der Waals surface area contributed by atoms with Gasteiger partial charge < -0.3 is 10.1 Å². The third kappa shape index (κ3) is 3.75. The molecular weight excluding hydrogens is 274 g/mol. The van der Waals surface area contributed by atoms with Crippen LogP contribution in [0, 0.1) is 0 Å². The maximum absolute atomic E-state index is 11.8. The van der Waals surface area contributed by atoms with E-state index in [4.69, 9.17) is 4.74 Å². The second-order valence-corrected chi connectivity index (χ2v) is 4.33. The van der Waals surface area contributed by atoms with Gasteiger partial charge in [0.25, 0.3) is 5.78 Å². The number of nitrogens with one attached hydrogen (secondary N) is 1. The van der Waals surface area contributed by atoms with E-state index in [0.717, 1.165) is 0 Å². The molecule has 0 spiro atoms. The van der Waals surface area contributed by atoms with E-state index in [1.807, 2.05) is 0 Å². The molecule has 0 bridgehead atoms. The van der Waals surface area contributed by atoms with Crippen LogP contribution in [-0.4, -0.2) is 27.4 Å². The first-order chi connectivity index (χ1) is 9.95. The van der Waals surface area contributed by atoms with Crippen LogP contribution in [0.4, 0.5) is 5.69 Å². The summed E-state index contributed by atoms with van der Waals surface area (Å²) in [4.78, 5) is 34.4. The summed E-state index contributed by atoms with van der Waals surface area (Å²) in [6.45, 7) is 1.39. The molecule has 7 nitrogen and oxygen atoms in total. The predicted octanol–water partition coefficient (Wildman–Crippen LogP) is 1.17. The number of esters is 1. The van der Waals surface area contributed by atoms with E-state index in [1.54, 1.807) is 19.2 Å². The van der Waals surface area contributed by atoms with Gasteiger partial charge in [-0.1, -0.05) is 0 Å². The number of Topliss-reactive ketones (excluding diaryl/α,β-unsaturated/α-hetero) is 1. The Morgan fingerprint density at radius 1 is 1.19 bits per heavy atom. The number of aryl methyl sites for hydroxylation is 1. The van der Waals surface area contributed by atoms with E-state index >= 15 is 0 Å². The topological polar surface area (TPSA) is 90.3 Å². The van der Waals surface area contributed by atoms with Crippen LogP contribution < -0.4 is 10.1 Å². The van der Waals surface area contributed by atoms with Crippen molar-refractivity contribution in [1.82, 2.24) is 9.78 Å². The molecule has 0 atom stereocenters. The van der Waals surface area contributed by atoms with Crippen molar-refractivity contribution in [1.29, 1.82) is 0 Å². The predicted molar refractivity (Wildman–Crippen MR) is 73.9 cm³/mol. The highest BCUT2D eigenvalue weighted by atomic mass is 16.5. The van der Waals surface area contributed by atoms with E-state index < -0.39 is 11.8 Å². The molecule has 0 saturated carbocycles. The fraction of sp³-hybridized carbons (Fsp3) is 0.143. The molecule has 108 valence electrons. The highest BCUT2D eigenvalue weighted by Gasteiger charge is 2.20. The van der Waals surface area contributed by atoms with Crippen molar-refractivity contribution in [3.05, 3.63) is 42.2 Å². The maximum atomic E-state index is 11.8. The molecule has 0 radical (unpaired) electrons. The number of ether oxygens (including phenoxy) is 1. The third-order valence-corrected chi connectivity index (χ3v) is 2.54. The highest BCUT2D eigenvalue weighted by molar-refractivity contribution is 6.41. The molecule has 1 heterocycles. The number of benzene rings is 1. The van der Waals surface area contributed by atoms with Gasteiger partial charge in [0, 0.05) is 25.9 Å². The van der Waals surface area contributed by atoms with Gasteiger partial charge in [0.1, 0.15) is 5.75 Å². The van der Waals surface area contributed by atoms with E-state index in [9.17, 15) is 14.4 Å². The van der Waals surface area contributed by atoms with E-state index in [1.165, 1.54) is 36.1 Å². The summed E-state index contributed by atoms with van der Waals surface area (Å²) in [5.74, 6) is -1.75. The SMILES string of the molecule is CC(=O)Nc1ccc(OC(=O)C(=O)c2cnn(C)c2)cc1. The molecule has 1 amide bonds. The second-order valence-electron chi connectivity index (χ2n) is 4.33.